The normalized spacial score (nSPS) is 20.0. The summed E-state index contributed by atoms with van der Waals surface area (Å²) in [5.41, 5.74) is 0.831. The second kappa shape index (κ2) is 15.7. The average Bonchev–Trinajstić information content (AvgIpc) is 3.70. The fraction of sp³-hybridized carbons (Fsp3) is 0.472. The number of carbonyl (C=O) groups excluding carboxylic acids is 2. The maximum absolute atomic E-state index is 15.5. The predicted octanol–water partition coefficient (Wildman–Crippen LogP) is 4.41. The zero-order valence-corrected chi connectivity index (χ0v) is 28.4. The number of aromatic nitrogens is 1. The van der Waals surface area contributed by atoms with Crippen LogP contribution in [0.1, 0.15) is 66.7 Å². The van der Waals surface area contributed by atoms with Crippen LogP contribution in [-0.2, 0) is 32.6 Å². The van der Waals surface area contributed by atoms with E-state index in [4.69, 9.17) is 0 Å². The largest absolute Gasteiger partial charge is 0.345 e. The minimum atomic E-state index is -3.70. The minimum absolute atomic E-state index is 0.0564. The van der Waals surface area contributed by atoms with Crippen LogP contribution in [0.15, 0.2) is 54.9 Å². The van der Waals surface area contributed by atoms with Gasteiger partial charge in [0, 0.05) is 69.8 Å². The molecule has 0 unspecified atom stereocenters. The molecule has 50 heavy (non-hydrogen) atoms. The third kappa shape index (κ3) is 8.59. The Labute approximate surface area is 289 Å². The molecule has 3 fully saturated rings. The highest BCUT2D eigenvalue weighted by Gasteiger charge is 2.38. The molecule has 3 aliphatic rings. The molecule has 0 spiro atoms. The molecular formula is C36H41F4N5O4S. The van der Waals surface area contributed by atoms with Crippen molar-refractivity contribution in [1.29, 1.82) is 0 Å². The highest BCUT2D eigenvalue weighted by Crippen LogP contribution is 2.34. The van der Waals surface area contributed by atoms with E-state index < -0.39 is 63.2 Å². The van der Waals surface area contributed by atoms with Gasteiger partial charge in [-0.2, -0.15) is 17.0 Å². The van der Waals surface area contributed by atoms with Gasteiger partial charge in [0.05, 0.1) is 12.2 Å². The summed E-state index contributed by atoms with van der Waals surface area (Å²) in [5.74, 6) is -4.94. The van der Waals surface area contributed by atoms with Gasteiger partial charge in [-0.25, -0.2) is 17.6 Å². The van der Waals surface area contributed by atoms with Crippen molar-refractivity contribution >= 4 is 21.9 Å². The molecule has 1 saturated carbocycles. The molecule has 2 aliphatic heterocycles. The third-order valence-corrected chi connectivity index (χ3v) is 11.9. The number of hydrogen-bond donors (Lipinski definition) is 2. The molecule has 1 amide bonds. The number of Topliss-reactive ketones (excluding diaryl/α,β-unsaturated/α-hetero) is 1. The monoisotopic (exact) mass is 715 g/mol. The van der Waals surface area contributed by atoms with E-state index in [2.05, 4.69) is 15.6 Å². The molecule has 2 aromatic carbocycles. The van der Waals surface area contributed by atoms with E-state index in [-0.39, 0.29) is 54.8 Å². The van der Waals surface area contributed by atoms with Crippen molar-refractivity contribution in [2.45, 2.75) is 69.4 Å². The van der Waals surface area contributed by atoms with Crippen LogP contribution in [0.3, 0.4) is 0 Å². The molecule has 3 heterocycles. The van der Waals surface area contributed by atoms with Gasteiger partial charge in [-0.3, -0.25) is 14.6 Å². The van der Waals surface area contributed by atoms with E-state index in [1.54, 1.807) is 0 Å². The van der Waals surface area contributed by atoms with E-state index in [0.717, 1.165) is 56.1 Å². The Morgan fingerprint density at radius 1 is 0.920 bits per heavy atom. The summed E-state index contributed by atoms with van der Waals surface area (Å²) in [7, 11) is -3.70. The number of halogens is 4. The first-order valence-corrected chi connectivity index (χ1v) is 18.5. The van der Waals surface area contributed by atoms with E-state index in [1.165, 1.54) is 26.9 Å². The fourth-order valence-electron chi connectivity index (χ4n) is 7.07. The molecule has 2 saturated heterocycles. The third-order valence-electron chi connectivity index (χ3n) is 9.81. The molecule has 0 radical (unpaired) electrons. The molecular weight excluding hydrogens is 674 g/mol. The van der Waals surface area contributed by atoms with E-state index >= 15 is 4.39 Å². The molecule has 1 aromatic heterocycles. The van der Waals surface area contributed by atoms with Gasteiger partial charge in [-0.05, 0) is 91.0 Å². The molecule has 0 bridgehead atoms. The van der Waals surface area contributed by atoms with Gasteiger partial charge in [-0.15, -0.1) is 0 Å². The maximum atomic E-state index is 15.5. The number of ketones is 1. The van der Waals surface area contributed by atoms with Crippen molar-refractivity contribution in [3.05, 3.63) is 100 Å². The lowest BCUT2D eigenvalue weighted by molar-refractivity contribution is -0.128. The summed E-state index contributed by atoms with van der Waals surface area (Å²) in [6.07, 6.45) is 5.89. The molecule has 1 aliphatic carbocycles. The summed E-state index contributed by atoms with van der Waals surface area (Å²) in [6.45, 7) is 2.08. The summed E-state index contributed by atoms with van der Waals surface area (Å²) in [4.78, 5) is 31.5. The van der Waals surface area contributed by atoms with Crippen LogP contribution in [0.5, 0.6) is 0 Å². The number of pyridine rings is 1. The highest BCUT2D eigenvalue weighted by atomic mass is 32.2. The number of nitrogens with one attached hydrogen (secondary N) is 2. The number of rotatable bonds is 14. The maximum Gasteiger partial charge on any atom is 0.282 e. The van der Waals surface area contributed by atoms with Gasteiger partial charge in [0.1, 0.15) is 23.3 Å². The van der Waals surface area contributed by atoms with Crippen LogP contribution in [0.2, 0.25) is 0 Å². The fourth-order valence-corrected chi connectivity index (χ4v) is 8.97. The lowest BCUT2D eigenvalue weighted by Gasteiger charge is -2.37. The van der Waals surface area contributed by atoms with Crippen LogP contribution in [0.4, 0.5) is 17.6 Å². The van der Waals surface area contributed by atoms with Gasteiger partial charge >= 0.3 is 0 Å². The van der Waals surface area contributed by atoms with Crippen molar-refractivity contribution < 1.29 is 35.6 Å². The quantitative estimate of drug-likeness (QED) is 0.240. The Morgan fingerprint density at radius 2 is 1.62 bits per heavy atom. The summed E-state index contributed by atoms with van der Waals surface area (Å²) in [5, 5.41) is 6.03. The molecule has 2 N–H and O–H groups in total. The SMILES string of the molecule is O=C(CC1CC1)N[C@H](C(=O)Cc1cncc(F)c1CC[C@H]1CNCCN1S(=O)(=O)N1CCCC1)[C@@H](c1ccc(F)cc1)c1cc(F)cc(F)c1. The first-order valence-electron chi connectivity index (χ1n) is 17.1. The second-order valence-electron chi connectivity index (χ2n) is 13.4. The topological polar surface area (TPSA) is 112 Å². The summed E-state index contributed by atoms with van der Waals surface area (Å²) >= 11 is 0. The van der Waals surface area contributed by atoms with Gasteiger partial charge in [0.2, 0.25) is 5.91 Å². The second-order valence-corrected chi connectivity index (χ2v) is 15.3. The van der Waals surface area contributed by atoms with Crippen molar-refractivity contribution in [2.24, 2.45) is 5.92 Å². The summed E-state index contributed by atoms with van der Waals surface area (Å²) < 4.78 is 88.6. The molecule has 268 valence electrons. The van der Waals surface area contributed by atoms with Crippen LogP contribution in [0, 0.1) is 29.2 Å². The predicted molar refractivity (Wildman–Crippen MR) is 178 cm³/mol. The molecule has 9 nitrogen and oxygen atoms in total. The number of benzene rings is 2. The Morgan fingerprint density at radius 3 is 2.30 bits per heavy atom. The first kappa shape index (κ1) is 36.1. The summed E-state index contributed by atoms with van der Waals surface area (Å²) in [6, 6.07) is 6.13. The Balaban J connectivity index is 1.29. The number of hydrogen-bond acceptors (Lipinski definition) is 6. The number of nitrogens with zero attached hydrogens (tertiary/aromatic N) is 3. The van der Waals surface area contributed by atoms with Crippen LogP contribution < -0.4 is 10.6 Å². The standard InChI is InChI=1S/C36H41F4N5O4S/c37-27-7-5-24(6-8-27)35(25-16-28(38)19-29(39)17-25)36(43-34(47)15-23-3-4-23)33(46)18-26-20-42-22-32(40)31(26)10-9-30-21-41-11-14-45(30)50(48,49)44-12-1-2-13-44/h5-8,16-17,19-20,22-23,30,35-36,41H,1-4,9-15,18,21H2,(H,43,47)/t30-,35-,36+/m0/s1. The number of piperazine rings is 1. The van der Waals surface area contributed by atoms with E-state index in [1.807, 2.05) is 0 Å². The van der Waals surface area contributed by atoms with Gasteiger partial charge < -0.3 is 10.6 Å². The highest BCUT2D eigenvalue weighted by molar-refractivity contribution is 7.86. The van der Waals surface area contributed by atoms with Gasteiger partial charge in [0.25, 0.3) is 10.2 Å². The Bertz CT molecular complexity index is 1780. The van der Waals surface area contributed by atoms with Crippen LogP contribution in [0.25, 0.3) is 0 Å². The van der Waals surface area contributed by atoms with Crippen molar-refractivity contribution in [1.82, 2.24) is 24.2 Å². The minimum Gasteiger partial charge on any atom is -0.345 e. The van der Waals surface area contributed by atoms with Crippen molar-refractivity contribution in [3.8, 4) is 0 Å². The zero-order chi connectivity index (χ0) is 35.4. The van der Waals surface area contributed by atoms with Gasteiger partial charge in [0.15, 0.2) is 5.78 Å². The molecule has 6 rings (SSSR count). The lowest BCUT2D eigenvalue weighted by Crippen LogP contribution is -2.57. The lowest BCUT2D eigenvalue weighted by atomic mass is 9.81. The molecule has 14 heteroatoms. The molecule has 3 atom stereocenters. The Kier molecular flexibility index (Phi) is 11.3. The first-order chi connectivity index (χ1) is 24.0. The van der Waals surface area contributed by atoms with Crippen molar-refractivity contribution in [3.63, 3.8) is 0 Å². The van der Waals surface area contributed by atoms with Crippen molar-refractivity contribution in [2.75, 3.05) is 32.7 Å². The average molecular weight is 716 g/mol. The number of amides is 1. The Hall–Kier alpha value is -3.72. The molecule has 3 aromatic rings. The van der Waals surface area contributed by atoms with Gasteiger partial charge in [-0.1, -0.05) is 12.1 Å². The van der Waals surface area contributed by atoms with E-state index in [9.17, 15) is 31.2 Å². The number of carbonyl (C=O) groups is 2. The van der Waals surface area contributed by atoms with Crippen LogP contribution >= 0.6 is 0 Å². The van der Waals surface area contributed by atoms with E-state index in [0.29, 0.717) is 37.8 Å². The zero-order valence-electron chi connectivity index (χ0n) is 27.6. The smallest absolute Gasteiger partial charge is 0.282 e. The van der Waals surface area contributed by atoms with Crippen LogP contribution in [-0.4, -0.2) is 78.5 Å².